The van der Waals surface area contributed by atoms with Gasteiger partial charge in [-0.25, -0.2) is 0 Å². The lowest BCUT2D eigenvalue weighted by atomic mass is 9.98. The largest absolute Gasteiger partial charge is 0.490 e. The van der Waals surface area contributed by atoms with Gasteiger partial charge in [-0.3, -0.25) is 4.79 Å². The predicted octanol–water partition coefficient (Wildman–Crippen LogP) is 7.61. The van der Waals surface area contributed by atoms with Gasteiger partial charge < -0.3 is 14.6 Å². The topological polar surface area (TPSA) is 55.8 Å². The molecule has 0 fully saturated rings. The fourth-order valence-corrected chi connectivity index (χ4v) is 4.13. The van der Waals surface area contributed by atoms with Crippen LogP contribution in [-0.2, 0) is 17.8 Å². The van der Waals surface area contributed by atoms with Crippen LogP contribution in [-0.4, -0.2) is 17.2 Å². The van der Waals surface area contributed by atoms with Gasteiger partial charge in [0.2, 0.25) is 0 Å². The smallest absolute Gasteiger partial charge is 0.303 e. The van der Waals surface area contributed by atoms with Gasteiger partial charge in [-0.2, -0.15) is 0 Å². The minimum absolute atomic E-state index is 0.136. The molecule has 0 heterocycles. The maximum Gasteiger partial charge on any atom is 0.303 e. The van der Waals surface area contributed by atoms with Gasteiger partial charge in [-0.1, -0.05) is 63.1 Å². The molecule has 0 unspecified atom stereocenters. The first kappa shape index (κ1) is 25.4. The Morgan fingerprint density at radius 2 is 1.59 bits per heavy atom. The molecule has 4 nitrogen and oxygen atoms in total. The van der Waals surface area contributed by atoms with E-state index in [-0.39, 0.29) is 12.5 Å². The molecule has 0 aliphatic heterocycles. The number of benzene rings is 3. The average Bonchev–Trinajstić information content (AvgIpc) is 2.83. The molecule has 0 saturated carbocycles. The Hall–Kier alpha value is -3.27. The Labute approximate surface area is 203 Å². The molecular weight excluding hydrogens is 424 g/mol. The SMILES string of the molecule is CCCC(CCC)Oc1ccc(-c2cccc(COc3ccc(CCC(=O)O)cc3)c2)c(C)c1. The Bertz CT molecular complexity index is 1050. The van der Waals surface area contributed by atoms with Crippen molar-refractivity contribution in [3.63, 3.8) is 0 Å². The van der Waals surface area contributed by atoms with E-state index >= 15 is 0 Å². The van der Waals surface area contributed by atoms with Gasteiger partial charge >= 0.3 is 5.97 Å². The van der Waals surface area contributed by atoms with E-state index in [1.54, 1.807) is 0 Å². The van der Waals surface area contributed by atoms with Crippen LogP contribution in [0.5, 0.6) is 11.5 Å². The van der Waals surface area contributed by atoms with Crippen molar-refractivity contribution in [2.24, 2.45) is 0 Å². The summed E-state index contributed by atoms with van der Waals surface area (Å²) in [7, 11) is 0. The molecule has 0 atom stereocenters. The first-order valence-electron chi connectivity index (χ1n) is 12.3. The standard InChI is InChI=1S/C30H36O4/c1-4-7-27(8-5-2)34-28-16-17-29(22(3)19-28)25-10-6-9-24(20-25)21-33-26-14-11-23(12-15-26)13-18-30(31)32/h6,9-12,14-17,19-20,27H,4-5,7-8,13,18,21H2,1-3H3,(H,31,32). The van der Waals surface area contributed by atoms with Crippen LogP contribution in [0.3, 0.4) is 0 Å². The van der Waals surface area contributed by atoms with Crippen molar-refractivity contribution in [3.8, 4) is 22.6 Å². The lowest BCUT2D eigenvalue weighted by Crippen LogP contribution is -2.15. The van der Waals surface area contributed by atoms with Crippen molar-refractivity contribution in [2.75, 3.05) is 0 Å². The molecule has 4 heteroatoms. The van der Waals surface area contributed by atoms with Crippen molar-refractivity contribution >= 4 is 5.97 Å². The van der Waals surface area contributed by atoms with Crippen LogP contribution in [0.1, 0.15) is 62.6 Å². The Morgan fingerprint density at radius 3 is 2.24 bits per heavy atom. The van der Waals surface area contributed by atoms with Crippen molar-refractivity contribution in [2.45, 2.75) is 72.0 Å². The maximum atomic E-state index is 10.7. The first-order valence-corrected chi connectivity index (χ1v) is 12.3. The van der Waals surface area contributed by atoms with Crippen molar-refractivity contribution in [1.82, 2.24) is 0 Å². The van der Waals surface area contributed by atoms with Crippen molar-refractivity contribution < 1.29 is 19.4 Å². The number of aliphatic carboxylic acids is 1. The number of carboxylic acid groups (broad SMARTS) is 1. The van der Waals surface area contributed by atoms with Crippen molar-refractivity contribution in [1.29, 1.82) is 0 Å². The van der Waals surface area contributed by atoms with E-state index in [4.69, 9.17) is 14.6 Å². The molecular formula is C30H36O4. The zero-order valence-corrected chi connectivity index (χ0v) is 20.5. The zero-order chi connectivity index (χ0) is 24.3. The van der Waals surface area contributed by atoms with Crippen LogP contribution in [0, 0.1) is 6.92 Å². The van der Waals surface area contributed by atoms with Gasteiger partial charge in [0.1, 0.15) is 18.1 Å². The summed E-state index contributed by atoms with van der Waals surface area (Å²) < 4.78 is 12.2. The fraction of sp³-hybridized carbons (Fsp3) is 0.367. The first-order chi connectivity index (χ1) is 16.5. The van der Waals surface area contributed by atoms with E-state index in [1.165, 1.54) is 11.1 Å². The van der Waals surface area contributed by atoms with E-state index in [0.29, 0.717) is 13.0 Å². The van der Waals surface area contributed by atoms with E-state index in [0.717, 1.165) is 53.9 Å². The summed E-state index contributed by atoms with van der Waals surface area (Å²) in [5, 5.41) is 8.82. The molecule has 0 amide bonds. The predicted molar refractivity (Wildman–Crippen MR) is 138 cm³/mol. The van der Waals surface area contributed by atoms with Crippen LogP contribution in [0.25, 0.3) is 11.1 Å². The lowest BCUT2D eigenvalue weighted by Gasteiger charge is -2.19. The summed E-state index contributed by atoms with van der Waals surface area (Å²) in [6.45, 7) is 7.01. The quantitative estimate of drug-likeness (QED) is 0.285. The van der Waals surface area contributed by atoms with Crippen LogP contribution >= 0.6 is 0 Å². The second-order valence-corrected chi connectivity index (χ2v) is 8.82. The van der Waals surface area contributed by atoms with Crippen molar-refractivity contribution in [3.05, 3.63) is 83.4 Å². The van der Waals surface area contributed by atoms with Crippen LogP contribution in [0.4, 0.5) is 0 Å². The molecule has 3 aromatic carbocycles. The molecule has 0 radical (unpaired) electrons. The third-order valence-corrected chi connectivity index (χ3v) is 5.92. The minimum Gasteiger partial charge on any atom is -0.490 e. The number of hydrogen-bond donors (Lipinski definition) is 1. The second-order valence-electron chi connectivity index (χ2n) is 8.82. The molecule has 0 saturated heterocycles. The van der Waals surface area contributed by atoms with E-state index < -0.39 is 5.97 Å². The third kappa shape index (κ3) is 7.65. The van der Waals surface area contributed by atoms with Gasteiger partial charge in [0.05, 0.1) is 6.10 Å². The molecule has 1 N–H and O–H groups in total. The molecule has 34 heavy (non-hydrogen) atoms. The minimum atomic E-state index is -0.783. The van der Waals surface area contributed by atoms with E-state index in [1.807, 2.05) is 24.3 Å². The van der Waals surface area contributed by atoms with Crippen LogP contribution in [0.15, 0.2) is 66.7 Å². The van der Waals surface area contributed by atoms with Crippen LogP contribution < -0.4 is 9.47 Å². The number of carboxylic acids is 1. The van der Waals surface area contributed by atoms with E-state index in [9.17, 15) is 4.79 Å². The number of rotatable bonds is 13. The number of carbonyl (C=O) groups is 1. The summed E-state index contributed by atoms with van der Waals surface area (Å²) in [5.74, 6) is 0.935. The maximum absolute atomic E-state index is 10.7. The fourth-order valence-electron chi connectivity index (χ4n) is 4.13. The highest BCUT2D eigenvalue weighted by atomic mass is 16.5. The third-order valence-electron chi connectivity index (χ3n) is 5.92. The van der Waals surface area contributed by atoms with E-state index in [2.05, 4.69) is 63.2 Å². The normalized spacial score (nSPS) is 10.9. The molecule has 3 rings (SSSR count). The Balaban J connectivity index is 1.64. The summed E-state index contributed by atoms with van der Waals surface area (Å²) >= 11 is 0. The molecule has 0 spiro atoms. The number of aryl methyl sites for hydroxylation is 2. The van der Waals surface area contributed by atoms with Gasteiger partial charge in [-0.15, -0.1) is 0 Å². The molecule has 0 aliphatic carbocycles. The Kier molecular flexibility index (Phi) is 9.57. The number of ether oxygens (including phenoxy) is 2. The summed E-state index contributed by atoms with van der Waals surface area (Å²) in [4.78, 5) is 10.7. The molecule has 0 bridgehead atoms. The summed E-state index contributed by atoms with van der Waals surface area (Å²) in [6.07, 6.45) is 5.38. The molecule has 0 aromatic heterocycles. The zero-order valence-electron chi connectivity index (χ0n) is 20.5. The van der Waals surface area contributed by atoms with Gasteiger partial charge in [0, 0.05) is 6.42 Å². The highest BCUT2D eigenvalue weighted by molar-refractivity contribution is 5.69. The highest BCUT2D eigenvalue weighted by Gasteiger charge is 2.11. The molecule has 3 aromatic rings. The monoisotopic (exact) mass is 460 g/mol. The van der Waals surface area contributed by atoms with Gasteiger partial charge in [0.25, 0.3) is 0 Å². The summed E-state index contributed by atoms with van der Waals surface area (Å²) in [6, 6.07) is 22.4. The molecule has 0 aliphatic rings. The van der Waals surface area contributed by atoms with Gasteiger partial charge in [-0.05, 0) is 84.3 Å². The summed E-state index contributed by atoms with van der Waals surface area (Å²) in [5.41, 5.74) is 5.64. The van der Waals surface area contributed by atoms with Gasteiger partial charge in [0.15, 0.2) is 0 Å². The average molecular weight is 461 g/mol. The lowest BCUT2D eigenvalue weighted by molar-refractivity contribution is -0.136. The second kappa shape index (κ2) is 12.8. The molecule has 180 valence electrons. The highest BCUT2D eigenvalue weighted by Crippen LogP contribution is 2.29. The number of hydrogen-bond acceptors (Lipinski definition) is 3. The van der Waals surface area contributed by atoms with Crippen LogP contribution in [0.2, 0.25) is 0 Å². The Morgan fingerprint density at radius 1 is 0.882 bits per heavy atom.